The number of benzene rings is 2. The number of unbranched alkanes of at least 4 members (excludes halogenated alkanes) is 1. The average molecular weight is 607 g/mol. The number of sulfonamides is 2. The van der Waals surface area contributed by atoms with E-state index in [1.54, 1.807) is 56.3 Å². The molecule has 3 N–H and O–H groups in total. The summed E-state index contributed by atoms with van der Waals surface area (Å²) in [5, 5.41) is 18.0. The van der Waals surface area contributed by atoms with E-state index in [1.807, 2.05) is 41.0 Å². The molecule has 220 valence electrons. The van der Waals surface area contributed by atoms with Crippen LogP contribution in [-0.2, 0) is 26.6 Å². The fourth-order valence-electron chi connectivity index (χ4n) is 3.93. The van der Waals surface area contributed by atoms with E-state index in [4.69, 9.17) is 5.26 Å². The van der Waals surface area contributed by atoms with Crippen molar-refractivity contribution in [2.75, 3.05) is 20.9 Å². The molecule has 4 aromatic rings. The minimum Gasteiger partial charge on any atom is -0.346 e. The van der Waals surface area contributed by atoms with Gasteiger partial charge in [-0.15, -0.1) is 0 Å². The average Bonchev–Trinajstić information content (AvgIpc) is 3.64. The molecule has 2 heterocycles. The molecule has 0 atom stereocenters. The molecule has 0 saturated carbocycles. The molecular formula is C30H34N6O4S2. The van der Waals surface area contributed by atoms with Gasteiger partial charge in [0, 0.05) is 29.3 Å². The van der Waals surface area contributed by atoms with Crippen LogP contribution in [0.5, 0.6) is 0 Å². The largest absolute Gasteiger partial charge is 0.346 e. The molecule has 0 unspecified atom stereocenters. The fourth-order valence-corrected chi connectivity index (χ4v) is 5.21. The number of nitrogens with one attached hydrogen (secondary N) is 3. The Labute approximate surface area is 247 Å². The van der Waals surface area contributed by atoms with Crippen molar-refractivity contribution in [3.05, 3.63) is 84.2 Å². The van der Waals surface area contributed by atoms with Gasteiger partial charge in [0.05, 0.1) is 11.5 Å². The summed E-state index contributed by atoms with van der Waals surface area (Å²) in [6.07, 6.45) is 2.06. The molecule has 0 aliphatic rings. The molecule has 0 aliphatic carbocycles. The van der Waals surface area contributed by atoms with Gasteiger partial charge in [-0.2, -0.15) is 10.5 Å². The van der Waals surface area contributed by atoms with Gasteiger partial charge in [0.25, 0.3) is 0 Å². The molecule has 0 saturated heterocycles. The molecule has 0 radical (unpaired) electrons. The molecule has 42 heavy (non-hydrogen) atoms. The van der Waals surface area contributed by atoms with Crippen molar-refractivity contribution >= 4 is 31.4 Å². The van der Waals surface area contributed by atoms with Gasteiger partial charge in [0.2, 0.25) is 20.0 Å². The van der Waals surface area contributed by atoms with Crippen molar-refractivity contribution in [3.8, 4) is 34.7 Å². The Morgan fingerprint density at radius 2 is 1.26 bits per heavy atom. The predicted octanol–water partition coefficient (Wildman–Crippen LogP) is 5.90. The van der Waals surface area contributed by atoms with E-state index >= 15 is 0 Å². The number of nitrogens with zero attached hydrogens (tertiary/aromatic N) is 3. The van der Waals surface area contributed by atoms with Crippen molar-refractivity contribution in [1.29, 1.82) is 10.5 Å². The third kappa shape index (κ3) is 8.74. The smallest absolute Gasteiger partial charge is 0.232 e. The first kappa shape index (κ1) is 32.0. The third-order valence-corrected chi connectivity index (χ3v) is 8.93. The summed E-state index contributed by atoms with van der Waals surface area (Å²) in [5.41, 5.74) is 5.85. The number of hydrogen-bond donors (Lipinski definition) is 3. The molecular weight excluding hydrogens is 573 g/mol. The summed E-state index contributed by atoms with van der Waals surface area (Å²) in [6.45, 7) is 6.09. The Bertz CT molecular complexity index is 1780. The maximum absolute atomic E-state index is 11.6. The van der Waals surface area contributed by atoms with E-state index in [-0.39, 0.29) is 11.5 Å². The van der Waals surface area contributed by atoms with Gasteiger partial charge in [-0.05, 0) is 79.9 Å². The van der Waals surface area contributed by atoms with Gasteiger partial charge in [-0.1, -0.05) is 37.6 Å². The highest BCUT2D eigenvalue weighted by molar-refractivity contribution is 7.92. The summed E-state index contributed by atoms with van der Waals surface area (Å²) in [7, 11) is -6.52. The third-order valence-electron chi connectivity index (χ3n) is 6.32. The molecule has 0 spiro atoms. The van der Waals surface area contributed by atoms with Gasteiger partial charge in [0.15, 0.2) is 0 Å². The van der Waals surface area contributed by atoms with Crippen LogP contribution in [0.3, 0.4) is 0 Å². The van der Waals surface area contributed by atoms with E-state index in [9.17, 15) is 22.1 Å². The van der Waals surface area contributed by atoms with Crippen LogP contribution in [0.25, 0.3) is 22.5 Å². The number of aromatic nitrogens is 2. The summed E-state index contributed by atoms with van der Waals surface area (Å²) >= 11 is 0. The van der Waals surface area contributed by atoms with E-state index in [2.05, 4.69) is 27.4 Å². The van der Waals surface area contributed by atoms with E-state index < -0.39 is 20.0 Å². The molecule has 0 amide bonds. The van der Waals surface area contributed by atoms with Gasteiger partial charge in [0.1, 0.15) is 23.5 Å². The summed E-state index contributed by atoms with van der Waals surface area (Å²) < 4.78 is 53.0. The molecule has 0 bridgehead atoms. The Balaban J connectivity index is 0.000000235. The van der Waals surface area contributed by atoms with Crippen LogP contribution < -0.4 is 9.44 Å². The van der Waals surface area contributed by atoms with Crippen molar-refractivity contribution in [2.24, 2.45) is 0 Å². The van der Waals surface area contributed by atoms with Gasteiger partial charge in [-0.3, -0.25) is 9.44 Å². The zero-order chi connectivity index (χ0) is 30.8. The molecule has 10 nitrogen and oxygen atoms in total. The van der Waals surface area contributed by atoms with Crippen LogP contribution >= 0.6 is 0 Å². The highest BCUT2D eigenvalue weighted by Gasteiger charge is 2.11. The highest BCUT2D eigenvalue weighted by Crippen LogP contribution is 2.25. The van der Waals surface area contributed by atoms with Crippen LogP contribution in [0.15, 0.2) is 72.8 Å². The first-order valence-electron chi connectivity index (χ1n) is 13.4. The Morgan fingerprint density at radius 1 is 0.714 bits per heavy atom. The molecule has 4 rings (SSSR count). The van der Waals surface area contributed by atoms with E-state index in [0.29, 0.717) is 22.8 Å². The second-order valence-electron chi connectivity index (χ2n) is 9.28. The highest BCUT2D eigenvalue weighted by atomic mass is 32.2. The molecule has 0 aliphatic heterocycles. The Hall–Kier alpha value is -4.52. The van der Waals surface area contributed by atoms with Gasteiger partial charge in [-0.25, -0.2) is 16.8 Å². The van der Waals surface area contributed by atoms with Crippen LogP contribution in [0, 0.1) is 22.7 Å². The van der Waals surface area contributed by atoms with Crippen LogP contribution in [0.2, 0.25) is 0 Å². The first-order chi connectivity index (χ1) is 20.0. The minimum atomic E-state index is -3.27. The lowest BCUT2D eigenvalue weighted by atomic mass is 10.1. The number of H-pyrrole nitrogens is 1. The number of anilines is 2. The van der Waals surface area contributed by atoms with Crippen LogP contribution in [-0.4, -0.2) is 37.9 Å². The maximum Gasteiger partial charge on any atom is 0.232 e. The monoisotopic (exact) mass is 606 g/mol. The van der Waals surface area contributed by atoms with Gasteiger partial charge < -0.3 is 9.55 Å². The lowest BCUT2D eigenvalue weighted by Gasteiger charge is -2.11. The van der Waals surface area contributed by atoms with Crippen LogP contribution in [0.1, 0.15) is 45.0 Å². The fraction of sp³-hybridized carbons (Fsp3) is 0.267. The summed E-state index contributed by atoms with van der Waals surface area (Å²) in [5.74, 6) is 0.0804. The summed E-state index contributed by atoms with van der Waals surface area (Å²) in [6, 6.07) is 25.7. The lowest BCUT2D eigenvalue weighted by Crippen LogP contribution is -2.14. The lowest BCUT2D eigenvalue weighted by molar-refractivity contribution is 0.600. The van der Waals surface area contributed by atoms with E-state index in [0.717, 1.165) is 41.9 Å². The number of aromatic amines is 1. The summed E-state index contributed by atoms with van der Waals surface area (Å²) in [4.78, 5) is 2.96. The van der Waals surface area contributed by atoms with Crippen molar-refractivity contribution < 1.29 is 16.8 Å². The Kier molecular flexibility index (Phi) is 11.0. The van der Waals surface area contributed by atoms with Crippen molar-refractivity contribution in [2.45, 2.75) is 40.2 Å². The van der Waals surface area contributed by atoms with Crippen molar-refractivity contribution in [3.63, 3.8) is 0 Å². The molecule has 12 heteroatoms. The van der Waals surface area contributed by atoms with E-state index in [1.165, 1.54) is 0 Å². The SMILES string of the molecule is CCCCn1c(C#N)ccc1-c1ccc(NS(=O)(=O)CC)cc1.CCS(=O)(=O)Nc1ccc(-c2ccc(C#N)[nH]2)cc1. The molecule has 2 aromatic heterocycles. The first-order valence-corrected chi connectivity index (χ1v) is 16.8. The molecule has 0 fully saturated rings. The van der Waals surface area contributed by atoms with Crippen molar-refractivity contribution in [1.82, 2.24) is 9.55 Å². The molecule has 2 aromatic carbocycles. The predicted molar refractivity (Wildman–Crippen MR) is 167 cm³/mol. The van der Waals surface area contributed by atoms with Crippen LogP contribution in [0.4, 0.5) is 11.4 Å². The quantitative estimate of drug-likeness (QED) is 0.193. The minimum absolute atomic E-state index is 0.0386. The topological polar surface area (TPSA) is 161 Å². The Morgan fingerprint density at radius 3 is 1.71 bits per heavy atom. The normalized spacial score (nSPS) is 11.1. The zero-order valence-electron chi connectivity index (χ0n) is 23.8. The second-order valence-corrected chi connectivity index (χ2v) is 13.3. The second kappa shape index (κ2) is 14.4. The number of hydrogen-bond acceptors (Lipinski definition) is 6. The maximum atomic E-state index is 11.6. The number of rotatable bonds is 11. The standard InChI is InChI=1S/C17H21N3O2S.C13H13N3O2S/c1-3-5-12-20-16(13-18)10-11-17(20)14-6-8-15(9-7-14)19-23(21,22)4-2;1-2-19(17,18)16-11-5-3-10(4-6-11)13-8-7-12(9-14)15-13/h6-11,19H,3-5,12H2,1-2H3;3-8,15-16H,2H2,1H3. The zero-order valence-corrected chi connectivity index (χ0v) is 25.4. The van der Waals surface area contributed by atoms with Gasteiger partial charge >= 0.3 is 0 Å². The number of nitriles is 2.